The molecule has 4 rings (SSSR count). The summed E-state index contributed by atoms with van der Waals surface area (Å²) in [5.74, 6) is -0.149. The van der Waals surface area contributed by atoms with Crippen molar-refractivity contribution in [2.75, 3.05) is 25.6 Å². The third-order valence-corrected chi connectivity index (χ3v) is 6.48. The highest BCUT2D eigenvalue weighted by molar-refractivity contribution is 7.18. The van der Waals surface area contributed by atoms with E-state index >= 15 is 0 Å². The average Bonchev–Trinajstić information content (AvgIpc) is 3.42. The number of nitrogens with zero attached hydrogens (tertiary/aromatic N) is 1. The quantitative estimate of drug-likeness (QED) is 0.281. The van der Waals surface area contributed by atoms with E-state index < -0.39 is 17.8 Å². The van der Waals surface area contributed by atoms with Crippen LogP contribution in [0.4, 0.5) is 18.3 Å². The number of hydrogen-bond donors (Lipinski definition) is 4. The summed E-state index contributed by atoms with van der Waals surface area (Å²) in [6.45, 7) is 0.646. The predicted octanol–water partition coefficient (Wildman–Crippen LogP) is 5.19. The van der Waals surface area contributed by atoms with E-state index in [0.717, 1.165) is 33.3 Å². The molecule has 174 valence electrons. The summed E-state index contributed by atoms with van der Waals surface area (Å²) in [5.41, 5.74) is 7.33. The minimum absolute atomic E-state index is 0.135. The number of nitrogens with two attached hydrogens (primary N) is 1. The van der Waals surface area contributed by atoms with Gasteiger partial charge in [0.1, 0.15) is 0 Å². The minimum Gasteiger partial charge on any atom is -0.494 e. The number of hydrogen-bond acceptors (Lipinski definition) is 6. The van der Waals surface area contributed by atoms with Gasteiger partial charge in [0.15, 0.2) is 11.0 Å². The summed E-state index contributed by atoms with van der Waals surface area (Å²) in [7, 11) is 1.53. The van der Waals surface area contributed by atoms with Crippen molar-refractivity contribution in [1.29, 1.82) is 0 Å². The molecule has 0 fully saturated rings. The first-order valence-corrected chi connectivity index (χ1v) is 11.0. The highest BCUT2D eigenvalue weighted by Gasteiger charge is 2.30. The van der Waals surface area contributed by atoms with Gasteiger partial charge in [-0.3, -0.25) is 0 Å². The summed E-state index contributed by atoms with van der Waals surface area (Å²) in [4.78, 5) is 8.14. The number of methoxy groups -OCH3 is 1. The Morgan fingerprint density at radius 3 is 2.67 bits per heavy atom. The fraction of sp³-hybridized carbons (Fsp3) is 0.261. The van der Waals surface area contributed by atoms with Gasteiger partial charge in [0, 0.05) is 48.8 Å². The van der Waals surface area contributed by atoms with Gasteiger partial charge >= 0.3 is 6.18 Å². The number of nitrogens with one attached hydrogen (secondary N) is 2. The number of thiazole rings is 1. The molecule has 2 aromatic carbocycles. The van der Waals surface area contributed by atoms with Gasteiger partial charge in [0.05, 0.1) is 17.0 Å². The second-order valence-electron chi connectivity index (χ2n) is 7.70. The summed E-state index contributed by atoms with van der Waals surface area (Å²) in [5, 5.41) is 15.3. The Bertz CT molecular complexity index is 1220. The fourth-order valence-electron chi connectivity index (χ4n) is 3.68. The zero-order valence-corrected chi connectivity index (χ0v) is 18.5. The lowest BCUT2D eigenvalue weighted by Crippen LogP contribution is -2.37. The van der Waals surface area contributed by atoms with E-state index in [1.54, 1.807) is 12.4 Å². The van der Waals surface area contributed by atoms with Crippen LogP contribution in [0.3, 0.4) is 0 Å². The molecule has 5 N–H and O–H groups in total. The molecule has 10 heteroatoms. The van der Waals surface area contributed by atoms with E-state index in [1.807, 2.05) is 18.2 Å². The number of aromatic nitrogens is 2. The second-order valence-corrected chi connectivity index (χ2v) is 8.73. The van der Waals surface area contributed by atoms with Crippen LogP contribution in [0.25, 0.3) is 21.2 Å². The van der Waals surface area contributed by atoms with Gasteiger partial charge in [-0.2, -0.15) is 13.2 Å². The zero-order valence-electron chi connectivity index (χ0n) is 17.7. The number of ether oxygens (including phenoxy) is 1. The van der Waals surface area contributed by atoms with Crippen molar-refractivity contribution in [3.8, 4) is 16.3 Å². The van der Waals surface area contributed by atoms with Gasteiger partial charge < -0.3 is 25.9 Å². The molecule has 0 amide bonds. The Morgan fingerprint density at radius 1 is 1.21 bits per heavy atom. The zero-order chi connectivity index (χ0) is 23.6. The fourth-order valence-corrected chi connectivity index (χ4v) is 4.50. The molecule has 0 saturated heterocycles. The lowest BCUT2D eigenvalue weighted by molar-refractivity contribution is -0.137. The SMILES string of the molecule is COC[C@@H](c1ccc(C(F)(F)F)cc1)[C@H](N)CNc1ncc(-c2ccc3c(O)[nH]cc3c2)s1. The van der Waals surface area contributed by atoms with Crippen molar-refractivity contribution in [2.24, 2.45) is 5.73 Å². The Labute approximate surface area is 192 Å². The largest absolute Gasteiger partial charge is 0.494 e. The lowest BCUT2D eigenvalue weighted by Gasteiger charge is -2.24. The van der Waals surface area contributed by atoms with Crippen molar-refractivity contribution < 1.29 is 23.0 Å². The molecule has 0 spiro atoms. The third kappa shape index (κ3) is 5.13. The molecule has 4 aromatic rings. The number of benzene rings is 2. The number of aromatic amines is 1. The lowest BCUT2D eigenvalue weighted by atomic mass is 9.92. The van der Waals surface area contributed by atoms with Gasteiger partial charge in [0.25, 0.3) is 0 Å². The monoisotopic (exact) mass is 476 g/mol. The second kappa shape index (κ2) is 9.42. The molecular weight excluding hydrogens is 453 g/mol. The standard InChI is InChI=1S/C23H23F3N4O2S/c1-32-12-18(13-2-5-16(6-3-13)23(24,25)26)19(27)10-29-22-30-11-20(33-22)14-4-7-17-15(8-14)9-28-21(17)31/h2-9,11,18-19,28,31H,10,12,27H2,1H3,(H,29,30)/t18-,19+/m0/s1. The predicted molar refractivity (Wildman–Crippen MR) is 124 cm³/mol. The Kier molecular flexibility index (Phi) is 6.59. The van der Waals surface area contributed by atoms with Crippen molar-refractivity contribution in [3.63, 3.8) is 0 Å². The normalized spacial score (nSPS) is 13.8. The van der Waals surface area contributed by atoms with Crippen molar-refractivity contribution in [3.05, 3.63) is 66.0 Å². The van der Waals surface area contributed by atoms with Crippen LogP contribution in [-0.2, 0) is 10.9 Å². The van der Waals surface area contributed by atoms with Crippen molar-refractivity contribution in [1.82, 2.24) is 9.97 Å². The Balaban J connectivity index is 1.43. The number of rotatable bonds is 8. The molecule has 0 aliphatic heterocycles. The molecule has 0 radical (unpaired) electrons. The molecule has 0 saturated carbocycles. The summed E-state index contributed by atoms with van der Waals surface area (Å²) < 4.78 is 43.8. The number of H-pyrrole nitrogens is 1. The van der Waals surface area contributed by atoms with E-state index in [0.29, 0.717) is 17.2 Å². The maximum absolute atomic E-state index is 12.9. The Morgan fingerprint density at radius 2 is 1.97 bits per heavy atom. The van der Waals surface area contributed by atoms with Crippen LogP contribution in [0.5, 0.6) is 5.88 Å². The number of alkyl halides is 3. The van der Waals surface area contributed by atoms with E-state index in [-0.39, 0.29) is 18.4 Å². The third-order valence-electron chi connectivity index (χ3n) is 5.48. The van der Waals surface area contributed by atoms with Crippen molar-refractivity contribution in [2.45, 2.75) is 18.1 Å². The van der Waals surface area contributed by atoms with E-state index in [4.69, 9.17) is 10.5 Å². The molecule has 2 atom stereocenters. The summed E-state index contributed by atoms with van der Waals surface area (Å²) in [6, 6.07) is 10.3. The van der Waals surface area contributed by atoms with Gasteiger partial charge in [-0.25, -0.2) is 4.98 Å². The van der Waals surface area contributed by atoms with Crippen LogP contribution in [0.15, 0.2) is 54.9 Å². The molecular formula is C23H23F3N4O2S. The van der Waals surface area contributed by atoms with Crippen LogP contribution in [0.1, 0.15) is 17.0 Å². The first-order chi connectivity index (χ1) is 15.8. The number of fused-ring (bicyclic) bond motifs is 1. The summed E-state index contributed by atoms with van der Waals surface area (Å²) >= 11 is 1.46. The first kappa shape index (κ1) is 23.1. The highest BCUT2D eigenvalue weighted by Crippen LogP contribution is 2.34. The molecule has 33 heavy (non-hydrogen) atoms. The maximum Gasteiger partial charge on any atom is 0.416 e. The smallest absolute Gasteiger partial charge is 0.416 e. The molecule has 2 aromatic heterocycles. The molecule has 0 bridgehead atoms. The van der Waals surface area contributed by atoms with E-state index in [1.165, 1.54) is 30.6 Å². The van der Waals surface area contributed by atoms with E-state index in [9.17, 15) is 18.3 Å². The number of aromatic hydroxyl groups is 1. The van der Waals surface area contributed by atoms with Crippen LogP contribution in [0.2, 0.25) is 0 Å². The molecule has 6 nitrogen and oxygen atoms in total. The Hall–Kier alpha value is -3.08. The van der Waals surface area contributed by atoms with Crippen LogP contribution in [-0.4, -0.2) is 41.4 Å². The minimum atomic E-state index is -4.38. The van der Waals surface area contributed by atoms with E-state index in [2.05, 4.69) is 15.3 Å². The summed E-state index contributed by atoms with van der Waals surface area (Å²) in [6.07, 6.45) is -0.882. The molecule has 2 heterocycles. The van der Waals surface area contributed by atoms with Crippen LogP contribution < -0.4 is 11.1 Å². The van der Waals surface area contributed by atoms with Crippen LogP contribution >= 0.6 is 11.3 Å². The van der Waals surface area contributed by atoms with Gasteiger partial charge in [-0.1, -0.05) is 29.5 Å². The topological polar surface area (TPSA) is 96.2 Å². The number of halogens is 3. The average molecular weight is 477 g/mol. The number of anilines is 1. The van der Waals surface area contributed by atoms with Crippen LogP contribution in [0, 0.1) is 0 Å². The van der Waals surface area contributed by atoms with Gasteiger partial charge in [0.2, 0.25) is 0 Å². The molecule has 0 aliphatic rings. The maximum atomic E-state index is 12.9. The van der Waals surface area contributed by atoms with Gasteiger partial charge in [-0.15, -0.1) is 0 Å². The molecule has 0 aliphatic carbocycles. The molecule has 0 unspecified atom stereocenters. The van der Waals surface area contributed by atoms with Crippen molar-refractivity contribution >= 4 is 27.2 Å². The first-order valence-electron chi connectivity index (χ1n) is 10.2. The highest BCUT2D eigenvalue weighted by atomic mass is 32.1. The van der Waals surface area contributed by atoms with Gasteiger partial charge in [-0.05, 0) is 35.4 Å².